The van der Waals surface area contributed by atoms with E-state index in [1.54, 1.807) is 0 Å². The van der Waals surface area contributed by atoms with Crippen molar-refractivity contribution in [3.8, 4) is 0 Å². The third kappa shape index (κ3) is 9.96. The molecule has 2 saturated carbocycles. The van der Waals surface area contributed by atoms with Crippen LogP contribution >= 0.6 is 0 Å². The molecule has 5 heteroatoms. The Morgan fingerprint density at radius 1 is 0.818 bits per heavy atom. The van der Waals surface area contributed by atoms with Gasteiger partial charge in [0.15, 0.2) is 0 Å². The molecule has 0 radical (unpaired) electrons. The van der Waals surface area contributed by atoms with Crippen LogP contribution in [0.2, 0.25) is 0 Å². The van der Waals surface area contributed by atoms with Crippen LogP contribution in [0.1, 0.15) is 64.2 Å². The molecule has 2 aliphatic carbocycles. The zero-order valence-corrected chi connectivity index (χ0v) is 14.9. The van der Waals surface area contributed by atoms with E-state index in [0.717, 1.165) is 12.8 Å². The number of ketones is 1. The van der Waals surface area contributed by atoms with Gasteiger partial charge in [0.1, 0.15) is 5.78 Å². The Kier molecular flexibility index (Phi) is 14.7. The molecule has 0 aromatic carbocycles. The number of nitrogens with zero attached hydrogens (tertiary/aromatic N) is 1. The summed E-state index contributed by atoms with van der Waals surface area (Å²) in [6.07, 6.45) is 12.5. The van der Waals surface area contributed by atoms with E-state index >= 15 is 0 Å². The van der Waals surface area contributed by atoms with E-state index in [-0.39, 0.29) is 36.2 Å². The molecule has 4 nitrogen and oxygen atoms in total. The minimum atomic E-state index is 0. The third-order valence-electron chi connectivity index (χ3n) is 4.57. The number of hydrogen-bond donors (Lipinski definition) is 2. The molecule has 2 fully saturated rings. The van der Waals surface area contributed by atoms with Crippen molar-refractivity contribution in [3.63, 3.8) is 0 Å². The Bertz CT molecular complexity index is 253. The van der Waals surface area contributed by atoms with Crippen LogP contribution < -0.4 is 0 Å². The van der Waals surface area contributed by atoms with Gasteiger partial charge in [0.2, 0.25) is 0 Å². The van der Waals surface area contributed by atoms with E-state index in [1.165, 1.54) is 44.9 Å². The molecule has 0 spiro atoms. The molecule has 2 rings (SSSR count). The van der Waals surface area contributed by atoms with E-state index in [1.807, 2.05) is 4.90 Å². The minimum Gasteiger partial charge on any atom is -0.395 e. The maximum Gasteiger partial charge on any atom is 0.137 e. The number of carbonyl (C=O) groups excluding carboxylic acids is 1. The molecule has 0 amide bonds. The first kappa shape index (κ1) is 22.1. The van der Waals surface area contributed by atoms with Crippen molar-refractivity contribution >= 4 is 5.78 Å². The van der Waals surface area contributed by atoms with Crippen LogP contribution in [-0.2, 0) is 21.9 Å². The second kappa shape index (κ2) is 14.6. The Labute approximate surface area is 146 Å². The smallest absolute Gasteiger partial charge is 0.137 e. The predicted molar refractivity (Wildman–Crippen MR) is 85.3 cm³/mol. The van der Waals surface area contributed by atoms with Gasteiger partial charge in [0.05, 0.1) is 13.2 Å². The van der Waals surface area contributed by atoms with Crippen molar-refractivity contribution in [2.75, 3.05) is 32.8 Å². The maximum absolute atomic E-state index is 11.8. The summed E-state index contributed by atoms with van der Waals surface area (Å²) in [4.78, 5) is 13.7. The standard InChI is InChI=1S/C12H23NO3.C5H10.Fe/c14-9-7-13(8-10-15)6-5-12(16)11-3-1-2-4-11;1-2-4-5-3-1;/h11,14-15H,1-10H2;1-5H2;. The van der Waals surface area contributed by atoms with Gasteiger partial charge >= 0.3 is 0 Å². The average Bonchev–Trinajstić information content (AvgIpc) is 3.19. The number of Topliss-reactive ketones (excluding diaryl/α,β-unsaturated/α-hetero) is 1. The molecule has 2 aliphatic rings. The molecule has 132 valence electrons. The van der Waals surface area contributed by atoms with Gasteiger partial charge < -0.3 is 10.2 Å². The van der Waals surface area contributed by atoms with E-state index in [9.17, 15) is 4.79 Å². The Morgan fingerprint density at radius 3 is 1.68 bits per heavy atom. The van der Waals surface area contributed by atoms with Gasteiger partial charge in [-0.25, -0.2) is 0 Å². The number of carbonyl (C=O) groups is 1. The van der Waals surface area contributed by atoms with Crippen molar-refractivity contribution in [2.45, 2.75) is 64.2 Å². The van der Waals surface area contributed by atoms with Crippen molar-refractivity contribution in [1.82, 2.24) is 4.90 Å². The van der Waals surface area contributed by atoms with Crippen LogP contribution in [0.5, 0.6) is 0 Å². The molecule has 0 aliphatic heterocycles. The van der Waals surface area contributed by atoms with Crippen LogP contribution in [0.25, 0.3) is 0 Å². The van der Waals surface area contributed by atoms with Crippen molar-refractivity contribution in [3.05, 3.63) is 0 Å². The fourth-order valence-electron chi connectivity index (χ4n) is 3.22. The summed E-state index contributed by atoms with van der Waals surface area (Å²) in [5.74, 6) is 0.642. The predicted octanol–water partition coefficient (Wildman–Crippen LogP) is 2.37. The normalized spacial score (nSPS) is 18.0. The van der Waals surface area contributed by atoms with Crippen LogP contribution in [-0.4, -0.2) is 53.7 Å². The number of aliphatic hydroxyl groups excluding tert-OH is 2. The van der Waals surface area contributed by atoms with Gasteiger partial charge in [-0.15, -0.1) is 0 Å². The topological polar surface area (TPSA) is 60.8 Å². The molecule has 0 atom stereocenters. The van der Waals surface area contributed by atoms with Gasteiger partial charge in [0.25, 0.3) is 0 Å². The summed E-state index contributed by atoms with van der Waals surface area (Å²) in [6, 6.07) is 0. The summed E-state index contributed by atoms with van der Waals surface area (Å²) in [5.41, 5.74) is 0. The van der Waals surface area contributed by atoms with E-state index in [2.05, 4.69) is 0 Å². The maximum atomic E-state index is 11.8. The average molecular weight is 355 g/mol. The SMILES string of the molecule is C1CCCC1.O=C(CCN(CCO)CCO)C1CCCC1.[Fe]. The largest absolute Gasteiger partial charge is 0.395 e. The van der Waals surface area contributed by atoms with Crippen LogP contribution in [0.3, 0.4) is 0 Å². The molecule has 0 saturated heterocycles. The second-order valence-electron chi connectivity index (χ2n) is 6.25. The Morgan fingerprint density at radius 2 is 1.27 bits per heavy atom. The molecule has 0 bridgehead atoms. The van der Waals surface area contributed by atoms with Gasteiger partial charge in [0, 0.05) is 49.0 Å². The number of aliphatic hydroxyl groups is 2. The molecule has 0 aromatic heterocycles. The first-order valence-electron chi connectivity index (χ1n) is 8.74. The van der Waals surface area contributed by atoms with Crippen LogP contribution in [0, 0.1) is 5.92 Å². The van der Waals surface area contributed by atoms with Gasteiger partial charge in [-0.2, -0.15) is 0 Å². The molecule has 0 unspecified atom stereocenters. The summed E-state index contributed by atoms with van der Waals surface area (Å²) in [6.45, 7) is 1.91. The van der Waals surface area contributed by atoms with Crippen LogP contribution in [0.4, 0.5) is 0 Å². The molecule has 22 heavy (non-hydrogen) atoms. The summed E-state index contributed by atoms with van der Waals surface area (Å²) in [7, 11) is 0. The van der Waals surface area contributed by atoms with Crippen molar-refractivity contribution in [2.24, 2.45) is 5.92 Å². The van der Waals surface area contributed by atoms with Crippen molar-refractivity contribution in [1.29, 1.82) is 0 Å². The Hall–Kier alpha value is 0.0695. The summed E-state index contributed by atoms with van der Waals surface area (Å²) in [5, 5.41) is 17.7. The zero-order chi connectivity index (χ0) is 15.3. The van der Waals surface area contributed by atoms with Crippen LogP contribution in [0.15, 0.2) is 0 Å². The summed E-state index contributed by atoms with van der Waals surface area (Å²) >= 11 is 0. The molecule has 0 heterocycles. The fourth-order valence-corrected chi connectivity index (χ4v) is 3.22. The molecule has 0 aromatic rings. The minimum absolute atomic E-state index is 0. The first-order chi connectivity index (χ1) is 10.3. The van der Waals surface area contributed by atoms with Gasteiger partial charge in [-0.1, -0.05) is 44.9 Å². The van der Waals surface area contributed by atoms with E-state index in [0.29, 0.717) is 31.8 Å². The number of hydrogen-bond acceptors (Lipinski definition) is 4. The van der Waals surface area contributed by atoms with E-state index < -0.39 is 0 Å². The quantitative estimate of drug-likeness (QED) is 0.657. The Balaban J connectivity index is 0.000000622. The van der Waals surface area contributed by atoms with Gasteiger partial charge in [-0.3, -0.25) is 9.69 Å². The zero-order valence-electron chi connectivity index (χ0n) is 13.8. The van der Waals surface area contributed by atoms with E-state index in [4.69, 9.17) is 10.2 Å². The molecular formula is C17H33FeNO3. The van der Waals surface area contributed by atoms with Gasteiger partial charge in [-0.05, 0) is 12.8 Å². The summed E-state index contributed by atoms with van der Waals surface area (Å²) < 4.78 is 0. The molecular weight excluding hydrogens is 322 g/mol. The first-order valence-corrected chi connectivity index (χ1v) is 8.74. The van der Waals surface area contributed by atoms with Crippen molar-refractivity contribution < 1.29 is 32.1 Å². The third-order valence-corrected chi connectivity index (χ3v) is 4.57. The fraction of sp³-hybridized carbons (Fsp3) is 0.941. The molecule has 2 N–H and O–H groups in total. The second-order valence-corrected chi connectivity index (χ2v) is 6.25. The monoisotopic (exact) mass is 355 g/mol. The number of rotatable bonds is 8.